The Balaban J connectivity index is 2.14. The molecule has 0 aromatic rings. The third kappa shape index (κ3) is 42.9. The van der Waals surface area contributed by atoms with Gasteiger partial charge >= 0.3 is 5.97 Å². The molecule has 1 fully saturated rings. The summed E-state index contributed by atoms with van der Waals surface area (Å²) >= 11 is 0. The molecule has 9 nitrogen and oxygen atoms in total. The van der Waals surface area contributed by atoms with Crippen LogP contribution >= 0.6 is 0 Å². The molecule has 9 heteroatoms. The van der Waals surface area contributed by atoms with Gasteiger partial charge in [0.25, 0.3) is 0 Å². The van der Waals surface area contributed by atoms with Gasteiger partial charge in [0, 0.05) is 13.0 Å². The average molecular weight is 1010 g/mol. The van der Waals surface area contributed by atoms with E-state index in [1.807, 2.05) is 0 Å². The Hall–Kier alpha value is -2.37. The van der Waals surface area contributed by atoms with Crippen LogP contribution < -0.4 is 0 Å². The molecule has 0 aromatic heterocycles. The molecule has 0 aliphatic carbocycles. The van der Waals surface area contributed by atoms with E-state index >= 15 is 0 Å². The molecule has 72 heavy (non-hydrogen) atoms. The van der Waals surface area contributed by atoms with Gasteiger partial charge < -0.3 is 39.4 Å². The minimum Gasteiger partial charge on any atom is -0.457 e. The Morgan fingerprint density at radius 2 is 0.847 bits per heavy atom. The second kappa shape index (κ2) is 53.5. The van der Waals surface area contributed by atoms with Crippen molar-refractivity contribution in [1.82, 2.24) is 0 Å². The molecule has 0 bridgehead atoms. The molecule has 1 aliphatic rings. The Labute approximate surface area is 442 Å². The molecule has 0 saturated carbocycles. The summed E-state index contributed by atoms with van der Waals surface area (Å²) in [7, 11) is 0. The zero-order chi connectivity index (χ0) is 52.1. The normalized spacial score (nSPS) is 19.2. The van der Waals surface area contributed by atoms with Crippen LogP contribution in [0.3, 0.4) is 0 Å². The third-order valence-corrected chi connectivity index (χ3v) is 13.6. The maximum atomic E-state index is 12.9. The van der Waals surface area contributed by atoms with E-state index in [0.717, 1.165) is 64.2 Å². The molecule has 1 rings (SSSR count). The van der Waals surface area contributed by atoms with E-state index in [0.29, 0.717) is 13.0 Å². The molecule has 1 saturated heterocycles. The standard InChI is InChI=1S/C63H112O9/c1-3-5-7-9-11-13-15-17-19-21-23-25-27-29-30-32-34-36-38-40-42-44-46-48-50-52-59(65)71-57(56-70-63-62(68)61(67)60(66)58(54-64)72-63)55-69-53-51-49-47-45-43-41-39-37-35-33-31-28-26-24-22-20-18-16-14-12-10-8-6-4-2/h5,7,11,13,16-19,22-25,57-58,60-64,66-68H,3-4,6,8-10,12,14-15,20-21,26-56H2,1-2H3/b7-5-,13-11-,18-16-,19-17-,24-22-,25-23-. The number of allylic oxidation sites excluding steroid dienone is 12. The lowest BCUT2D eigenvalue weighted by Crippen LogP contribution is -2.59. The van der Waals surface area contributed by atoms with Gasteiger partial charge in [0.1, 0.15) is 30.5 Å². The van der Waals surface area contributed by atoms with Crippen molar-refractivity contribution >= 4 is 5.97 Å². The van der Waals surface area contributed by atoms with E-state index in [9.17, 15) is 25.2 Å². The zero-order valence-electron chi connectivity index (χ0n) is 46.4. The van der Waals surface area contributed by atoms with E-state index in [1.54, 1.807) is 0 Å². The van der Waals surface area contributed by atoms with Crippen molar-refractivity contribution in [3.8, 4) is 0 Å². The first kappa shape index (κ1) is 67.6. The van der Waals surface area contributed by atoms with Gasteiger partial charge in [-0.3, -0.25) is 4.79 Å². The molecule has 1 heterocycles. The van der Waals surface area contributed by atoms with Gasteiger partial charge in [0.15, 0.2) is 6.29 Å². The van der Waals surface area contributed by atoms with E-state index in [-0.39, 0.29) is 19.2 Å². The van der Waals surface area contributed by atoms with Gasteiger partial charge in [-0.15, -0.1) is 0 Å². The Morgan fingerprint density at radius 3 is 1.28 bits per heavy atom. The Kier molecular flexibility index (Phi) is 50.2. The van der Waals surface area contributed by atoms with Crippen molar-refractivity contribution in [2.24, 2.45) is 0 Å². The number of aliphatic hydroxyl groups excluding tert-OH is 4. The van der Waals surface area contributed by atoms with Crippen LogP contribution in [-0.4, -0.2) is 89.6 Å². The van der Waals surface area contributed by atoms with Crippen molar-refractivity contribution in [2.75, 3.05) is 26.4 Å². The first-order valence-electron chi connectivity index (χ1n) is 30.0. The molecule has 6 unspecified atom stereocenters. The first-order chi connectivity index (χ1) is 35.4. The van der Waals surface area contributed by atoms with Gasteiger partial charge in [0.2, 0.25) is 0 Å². The summed E-state index contributed by atoms with van der Waals surface area (Å²) in [6, 6.07) is 0. The number of rotatable bonds is 52. The highest BCUT2D eigenvalue weighted by atomic mass is 16.7. The fourth-order valence-electron chi connectivity index (χ4n) is 8.99. The Morgan fingerprint density at radius 1 is 0.458 bits per heavy atom. The number of hydrogen-bond acceptors (Lipinski definition) is 9. The van der Waals surface area contributed by atoms with E-state index in [1.165, 1.54) is 173 Å². The highest BCUT2D eigenvalue weighted by Crippen LogP contribution is 2.23. The van der Waals surface area contributed by atoms with Crippen LogP contribution in [0.5, 0.6) is 0 Å². The minimum atomic E-state index is -1.54. The summed E-state index contributed by atoms with van der Waals surface area (Å²) in [6.07, 6.45) is 65.2. The number of carbonyl (C=O) groups excluding carboxylic acids is 1. The largest absolute Gasteiger partial charge is 0.457 e. The summed E-state index contributed by atoms with van der Waals surface area (Å²) in [5, 5.41) is 40.4. The monoisotopic (exact) mass is 1010 g/mol. The molecule has 0 radical (unpaired) electrons. The fraction of sp³-hybridized carbons (Fsp3) is 0.794. The molecule has 0 aromatic carbocycles. The topological polar surface area (TPSA) is 135 Å². The zero-order valence-corrected chi connectivity index (χ0v) is 46.4. The number of carbonyl (C=O) groups is 1. The van der Waals surface area contributed by atoms with E-state index in [2.05, 4.69) is 86.8 Å². The van der Waals surface area contributed by atoms with Crippen LogP contribution in [0.25, 0.3) is 0 Å². The van der Waals surface area contributed by atoms with Crippen LogP contribution in [0.1, 0.15) is 258 Å². The molecular weight excluding hydrogens is 901 g/mol. The van der Waals surface area contributed by atoms with Crippen molar-refractivity contribution in [2.45, 2.75) is 295 Å². The predicted molar refractivity (Wildman–Crippen MR) is 302 cm³/mol. The first-order valence-corrected chi connectivity index (χ1v) is 30.0. The van der Waals surface area contributed by atoms with Crippen LogP contribution in [0, 0.1) is 0 Å². The lowest BCUT2D eigenvalue weighted by atomic mass is 9.99. The number of hydrogen-bond donors (Lipinski definition) is 4. The fourth-order valence-corrected chi connectivity index (χ4v) is 8.99. The number of esters is 1. The SMILES string of the molecule is CC/C=C\C/C=C\C/C=C\C/C=C\CCCCCCCCCCCCCCC(=O)OC(COCCCCCCCCCCCCCC/C=C\C/C=C\CCCCCCC)COC1OC(CO)C(O)C(O)C1O. The van der Waals surface area contributed by atoms with Crippen molar-refractivity contribution < 1.29 is 44.2 Å². The maximum absolute atomic E-state index is 12.9. The molecule has 6 atom stereocenters. The van der Waals surface area contributed by atoms with Gasteiger partial charge in [0.05, 0.1) is 19.8 Å². The second-order valence-corrected chi connectivity index (χ2v) is 20.4. The maximum Gasteiger partial charge on any atom is 0.306 e. The van der Waals surface area contributed by atoms with E-state index in [4.69, 9.17) is 18.9 Å². The molecule has 0 spiro atoms. The highest BCUT2D eigenvalue weighted by molar-refractivity contribution is 5.69. The van der Waals surface area contributed by atoms with Crippen LogP contribution in [0.15, 0.2) is 72.9 Å². The van der Waals surface area contributed by atoms with Gasteiger partial charge in [-0.1, -0.05) is 241 Å². The van der Waals surface area contributed by atoms with Crippen molar-refractivity contribution in [3.63, 3.8) is 0 Å². The highest BCUT2D eigenvalue weighted by Gasteiger charge is 2.44. The lowest BCUT2D eigenvalue weighted by molar-refractivity contribution is -0.305. The lowest BCUT2D eigenvalue weighted by Gasteiger charge is -2.39. The van der Waals surface area contributed by atoms with Crippen LogP contribution in [0.4, 0.5) is 0 Å². The minimum absolute atomic E-state index is 0.116. The van der Waals surface area contributed by atoms with Crippen molar-refractivity contribution in [3.05, 3.63) is 72.9 Å². The van der Waals surface area contributed by atoms with Gasteiger partial charge in [-0.25, -0.2) is 0 Å². The molecule has 4 N–H and O–H groups in total. The number of aliphatic hydroxyl groups is 4. The van der Waals surface area contributed by atoms with E-state index < -0.39 is 43.4 Å². The molecule has 1 aliphatic heterocycles. The summed E-state index contributed by atoms with van der Waals surface area (Å²) < 4.78 is 23.0. The summed E-state index contributed by atoms with van der Waals surface area (Å²) in [5.41, 5.74) is 0. The second-order valence-electron chi connectivity index (χ2n) is 20.4. The van der Waals surface area contributed by atoms with Gasteiger partial charge in [-0.05, 0) is 83.5 Å². The van der Waals surface area contributed by atoms with Crippen LogP contribution in [0.2, 0.25) is 0 Å². The van der Waals surface area contributed by atoms with Gasteiger partial charge in [-0.2, -0.15) is 0 Å². The summed E-state index contributed by atoms with van der Waals surface area (Å²) in [6.45, 7) is 4.46. The molecule has 418 valence electrons. The van der Waals surface area contributed by atoms with Crippen LogP contribution in [-0.2, 0) is 23.7 Å². The third-order valence-electron chi connectivity index (χ3n) is 13.6. The van der Waals surface area contributed by atoms with Crippen molar-refractivity contribution in [1.29, 1.82) is 0 Å². The average Bonchev–Trinajstić information content (AvgIpc) is 3.38. The Bertz CT molecular complexity index is 1340. The molecular formula is C63H112O9. The summed E-state index contributed by atoms with van der Waals surface area (Å²) in [5.74, 6) is -0.315. The molecule has 0 amide bonds. The summed E-state index contributed by atoms with van der Waals surface area (Å²) in [4.78, 5) is 12.9. The predicted octanol–water partition coefficient (Wildman–Crippen LogP) is 15.9. The smallest absolute Gasteiger partial charge is 0.306 e. The number of unbranched alkanes of at least 4 members (excludes halogenated alkanes) is 29. The number of ether oxygens (including phenoxy) is 4. The quantitative estimate of drug-likeness (QED) is 0.0267.